The molecule has 1 fully saturated rings. The lowest BCUT2D eigenvalue weighted by molar-refractivity contribution is -0.133. The molecule has 0 aliphatic carbocycles. The van der Waals surface area contributed by atoms with Crippen molar-refractivity contribution in [1.82, 2.24) is 4.90 Å². The number of ether oxygens (including phenoxy) is 1. The molecule has 0 spiro atoms. The van der Waals surface area contributed by atoms with E-state index in [1.54, 1.807) is 35.2 Å². The molecule has 1 aliphatic rings. The first-order valence-corrected chi connectivity index (χ1v) is 9.07. The lowest BCUT2D eigenvalue weighted by Gasteiger charge is -2.36. The first kappa shape index (κ1) is 18.0. The second-order valence-corrected chi connectivity index (χ2v) is 6.97. The number of anilines is 1. The smallest absolute Gasteiger partial charge is 0.260 e. The summed E-state index contributed by atoms with van der Waals surface area (Å²) >= 11 is 9.24. The van der Waals surface area contributed by atoms with Gasteiger partial charge in [-0.3, -0.25) is 4.79 Å². The fraction of sp³-hybridized carbons (Fsp3) is 0.278. The van der Waals surface area contributed by atoms with E-state index in [0.717, 1.165) is 0 Å². The van der Waals surface area contributed by atoms with Crippen LogP contribution in [0.25, 0.3) is 0 Å². The monoisotopic (exact) mass is 426 g/mol. The molecule has 0 unspecified atom stereocenters. The molecule has 132 valence electrons. The standard InChI is InChI=1S/C18H17BrClFN2O2/c19-14-11-13(20)5-6-17(14)25-12-18(24)23-9-7-22(8-10-23)16-4-2-1-3-15(16)21/h1-6,11H,7-10,12H2. The van der Waals surface area contributed by atoms with Gasteiger partial charge in [-0.2, -0.15) is 0 Å². The largest absolute Gasteiger partial charge is 0.483 e. The summed E-state index contributed by atoms with van der Waals surface area (Å²) in [6.07, 6.45) is 0. The molecule has 0 saturated carbocycles. The Balaban J connectivity index is 1.52. The number of rotatable bonds is 4. The van der Waals surface area contributed by atoms with Crippen LogP contribution in [0.5, 0.6) is 5.75 Å². The highest BCUT2D eigenvalue weighted by atomic mass is 79.9. The summed E-state index contributed by atoms with van der Waals surface area (Å²) in [7, 11) is 0. The minimum absolute atomic E-state index is 0.0417. The molecule has 2 aromatic carbocycles. The predicted molar refractivity (Wildman–Crippen MR) is 99.8 cm³/mol. The van der Waals surface area contributed by atoms with Crippen LogP contribution in [-0.2, 0) is 4.79 Å². The topological polar surface area (TPSA) is 32.8 Å². The number of amides is 1. The van der Waals surface area contributed by atoms with Crippen molar-refractivity contribution in [3.05, 3.63) is 57.8 Å². The molecular weight excluding hydrogens is 411 g/mol. The van der Waals surface area contributed by atoms with E-state index < -0.39 is 0 Å². The third kappa shape index (κ3) is 4.44. The SMILES string of the molecule is O=C(COc1ccc(Cl)cc1Br)N1CCN(c2ccccc2F)CC1. The maximum absolute atomic E-state index is 13.8. The number of hydrogen-bond acceptors (Lipinski definition) is 3. The normalized spacial score (nSPS) is 14.5. The summed E-state index contributed by atoms with van der Waals surface area (Å²) in [6.45, 7) is 2.23. The highest BCUT2D eigenvalue weighted by Gasteiger charge is 2.23. The van der Waals surface area contributed by atoms with Gasteiger partial charge >= 0.3 is 0 Å². The Morgan fingerprint density at radius 2 is 1.88 bits per heavy atom. The van der Waals surface area contributed by atoms with E-state index in [1.807, 2.05) is 11.0 Å². The van der Waals surface area contributed by atoms with E-state index >= 15 is 0 Å². The molecule has 0 radical (unpaired) electrons. The van der Waals surface area contributed by atoms with Gasteiger partial charge in [-0.1, -0.05) is 23.7 Å². The number of para-hydroxylation sites is 1. The van der Waals surface area contributed by atoms with Crippen molar-refractivity contribution in [3.63, 3.8) is 0 Å². The maximum Gasteiger partial charge on any atom is 0.260 e. The van der Waals surface area contributed by atoms with Crippen molar-refractivity contribution in [1.29, 1.82) is 0 Å². The quantitative estimate of drug-likeness (QED) is 0.740. The Labute approximate surface area is 159 Å². The third-order valence-corrected chi connectivity index (χ3v) is 4.93. The molecule has 4 nitrogen and oxygen atoms in total. The number of carbonyl (C=O) groups excluding carboxylic acids is 1. The van der Waals surface area contributed by atoms with Crippen LogP contribution in [0.1, 0.15) is 0 Å². The third-order valence-electron chi connectivity index (χ3n) is 4.07. The van der Waals surface area contributed by atoms with Gasteiger partial charge in [-0.05, 0) is 46.3 Å². The molecule has 0 bridgehead atoms. The van der Waals surface area contributed by atoms with E-state index in [9.17, 15) is 9.18 Å². The van der Waals surface area contributed by atoms with E-state index in [1.165, 1.54) is 6.07 Å². The van der Waals surface area contributed by atoms with E-state index in [2.05, 4.69) is 15.9 Å². The number of carbonyl (C=O) groups is 1. The Bertz CT molecular complexity index is 766. The van der Waals surface area contributed by atoms with Crippen molar-refractivity contribution in [2.75, 3.05) is 37.7 Å². The van der Waals surface area contributed by atoms with Crippen molar-refractivity contribution in [2.45, 2.75) is 0 Å². The number of halogens is 3. The highest BCUT2D eigenvalue weighted by molar-refractivity contribution is 9.10. The van der Waals surface area contributed by atoms with Gasteiger partial charge in [0.1, 0.15) is 11.6 Å². The van der Waals surface area contributed by atoms with Crippen molar-refractivity contribution in [2.24, 2.45) is 0 Å². The Morgan fingerprint density at radius 3 is 2.56 bits per heavy atom. The summed E-state index contributed by atoms with van der Waals surface area (Å²) in [5.41, 5.74) is 0.580. The first-order valence-electron chi connectivity index (χ1n) is 7.89. The Kier molecular flexibility index (Phi) is 5.81. The molecule has 1 aliphatic heterocycles. The Hall–Kier alpha value is -1.79. The van der Waals surface area contributed by atoms with Crippen molar-refractivity contribution >= 4 is 39.1 Å². The molecule has 0 atom stereocenters. The molecule has 1 saturated heterocycles. The average Bonchev–Trinajstić information content (AvgIpc) is 2.61. The van der Waals surface area contributed by atoms with Crippen LogP contribution in [0.2, 0.25) is 5.02 Å². The van der Waals surface area contributed by atoms with Gasteiger partial charge in [0.05, 0.1) is 10.2 Å². The van der Waals surface area contributed by atoms with Crippen LogP contribution in [0.3, 0.4) is 0 Å². The average molecular weight is 428 g/mol. The lowest BCUT2D eigenvalue weighted by Crippen LogP contribution is -2.50. The Morgan fingerprint density at radius 1 is 1.16 bits per heavy atom. The summed E-state index contributed by atoms with van der Waals surface area (Å²) in [5.74, 6) is 0.246. The van der Waals surface area contributed by atoms with Gasteiger partial charge in [0.2, 0.25) is 0 Å². The lowest BCUT2D eigenvalue weighted by atomic mass is 10.2. The first-order chi connectivity index (χ1) is 12.0. The molecule has 25 heavy (non-hydrogen) atoms. The second kappa shape index (κ2) is 8.06. The van der Waals surface area contributed by atoms with E-state index in [0.29, 0.717) is 47.1 Å². The van der Waals surface area contributed by atoms with Crippen LogP contribution < -0.4 is 9.64 Å². The summed E-state index contributed by atoms with van der Waals surface area (Å²) < 4.78 is 20.1. The second-order valence-electron chi connectivity index (χ2n) is 5.68. The predicted octanol–water partition coefficient (Wildman–Crippen LogP) is 3.97. The van der Waals surface area contributed by atoms with Gasteiger partial charge < -0.3 is 14.5 Å². The van der Waals surface area contributed by atoms with Crippen LogP contribution in [-0.4, -0.2) is 43.6 Å². The molecule has 1 amide bonds. The minimum Gasteiger partial charge on any atom is -0.483 e. The molecule has 2 aromatic rings. The van der Waals surface area contributed by atoms with E-state index in [4.69, 9.17) is 16.3 Å². The zero-order valence-corrected chi connectivity index (χ0v) is 15.8. The molecule has 0 N–H and O–H groups in total. The number of hydrogen-bond donors (Lipinski definition) is 0. The highest BCUT2D eigenvalue weighted by Crippen LogP contribution is 2.28. The van der Waals surface area contributed by atoms with Gasteiger partial charge in [0.15, 0.2) is 6.61 Å². The maximum atomic E-state index is 13.8. The molecule has 7 heteroatoms. The summed E-state index contributed by atoms with van der Waals surface area (Å²) in [6, 6.07) is 11.8. The molecule has 0 aromatic heterocycles. The number of benzene rings is 2. The zero-order valence-electron chi connectivity index (χ0n) is 13.4. The van der Waals surface area contributed by atoms with Crippen LogP contribution in [0.15, 0.2) is 46.9 Å². The summed E-state index contributed by atoms with van der Waals surface area (Å²) in [4.78, 5) is 16.0. The zero-order chi connectivity index (χ0) is 17.8. The molecular formula is C18H17BrClFN2O2. The van der Waals surface area contributed by atoms with Crippen LogP contribution in [0, 0.1) is 5.82 Å². The van der Waals surface area contributed by atoms with Gasteiger partial charge in [-0.25, -0.2) is 4.39 Å². The van der Waals surface area contributed by atoms with Crippen molar-refractivity contribution in [3.8, 4) is 5.75 Å². The molecule has 1 heterocycles. The number of piperazine rings is 1. The van der Waals surface area contributed by atoms with Crippen LogP contribution >= 0.6 is 27.5 Å². The van der Waals surface area contributed by atoms with Gasteiger partial charge in [-0.15, -0.1) is 0 Å². The van der Waals surface area contributed by atoms with Gasteiger partial charge in [0.25, 0.3) is 5.91 Å². The molecule has 3 rings (SSSR count). The van der Waals surface area contributed by atoms with E-state index in [-0.39, 0.29) is 18.3 Å². The minimum atomic E-state index is -0.238. The summed E-state index contributed by atoms with van der Waals surface area (Å²) in [5, 5.41) is 0.592. The fourth-order valence-electron chi connectivity index (χ4n) is 2.73. The van der Waals surface area contributed by atoms with Crippen molar-refractivity contribution < 1.29 is 13.9 Å². The number of nitrogens with zero attached hydrogens (tertiary/aromatic N) is 2. The van der Waals surface area contributed by atoms with Crippen LogP contribution in [0.4, 0.5) is 10.1 Å². The fourth-order valence-corrected chi connectivity index (χ4v) is 3.53. The van der Waals surface area contributed by atoms with Gasteiger partial charge in [0, 0.05) is 31.2 Å².